The lowest BCUT2D eigenvalue weighted by Crippen LogP contribution is -2.42. The van der Waals surface area contributed by atoms with Crippen LogP contribution < -0.4 is 0 Å². The van der Waals surface area contributed by atoms with Crippen molar-refractivity contribution in [3.8, 4) is 0 Å². The number of carbonyl (C=O) groups is 2. The van der Waals surface area contributed by atoms with Crippen LogP contribution in [0.15, 0.2) is 0 Å². The molecule has 17 heavy (non-hydrogen) atoms. The van der Waals surface area contributed by atoms with E-state index in [4.69, 9.17) is 5.11 Å². The fourth-order valence-electron chi connectivity index (χ4n) is 1.57. The highest BCUT2D eigenvalue weighted by Gasteiger charge is 2.24. The van der Waals surface area contributed by atoms with Crippen LogP contribution in [0.25, 0.3) is 0 Å². The molecule has 100 valence electrons. The molecule has 1 amide bonds. The van der Waals surface area contributed by atoms with Gasteiger partial charge in [0.25, 0.3) is 0 Å². The first-order valence-corrected chi connectivity index (χ1v) is 6.29. The minimum atomic E-state index is -0.807. The summed E-state index contributed by atoms with van der Waals surface area (Å²) in [6.07, 6.45) is 0.636. The molecule has 0 aromatic heterocycles. The van der Waals surface area contributed by atoms with E-state index in [1.807, 2.05) is 34.6 Å². The van der Waals surface area contributed by atoms with Crippen LogP contribution in [0.2, 0.25) is 0 Å². The van der Waals surface area contributed by atoms with E-state index in [0.29, 0.717) is 18.9 Å². The number of rotatable bonds is 7. The maximum absolute atomic E-state index is 12.2. The van der Waals surface area contributed by atoms with Gasteiger partial charge in [0, 0.05) is 24.9 Å². The summed E-state index contributed by atoms with van der Waals surface area (Å²) in [7, 11) is 0. The molecule has 0 saturated carbocycles. The Morgan fingerprint density at radius 1 is 1.12 bits per heavy atom. The zero-order chi connectivity index (χ0) is 13.6. The highest BCUT2D eigenvalue weighted by atomic mass is 16.4. The van der Waals surface area contributed by atoms with Gasteiger partial charge in [0.2, 0.25) is 5.91 Å². The molecule has 0 fully saturated rings. The number of nitrogens with zero attached hydrogens (tertiary/aromatic N) is 1. The van der Waals surface area contributed by atoms with Crippen molar-refractivity contribution >= 4 is 11.9 Å². The highest BCUT2D eigenvalue weighted by Crippen LogP contribution is 2.15. The summed E-state index contributed by atoms with van der Waals surface area (Å²) in [5.74, 6) is -0.385. The van der Waals surface area contributed by atoms with Gasteiger partial charge in [-0.2, -0.15) is 0 Å². The van der Waals surface area contributed by atoms with Crippen molar-refractivity contribution in [3.63, 3.8) is 0 Å². The van der Waals surface area contributed by atoms with Crippen molar-refractivity contribution in [3.05, 3.63) is 0 Å². The molecule has 0 aliphatic rings. The van der Waals surface area contributed by atoms with E-state index in [9.17, 15) is 9.59 Å². The maximum atomic E-state index is 12.2. The summed E-state index contributed by atoms with van der Waals surface area (Å²) in [6, 6.07) is 0.123. The average molecular weight is 243 g/mol. The van der Waals surface area contributed by atoms with Crippen LogP contribution in [0, 0.1) is 11.8 Å². The third kappa shape index (κ3) is 5.71. The number of amides is 1. The van der Waals surface area contributed by atoms with Crippen molar-refractivity contribution < 1.29 is 14.7 Å². The molecule has 0 aliphatic carbocycles. The van der Waals surface area contributed by atoms with Gasteiger partial charge in [0.15, 0.2) is 0 Å². The largest absolute Gasteiger partial charge is 0.481 e. The van der Waals surface area contributed by atoms with Gasteiger partial charge in [-0.15, -0.1) is 0 Å². The first-order valence-electron chi connectivity index (χ1n) is 6.29. The van der Waals surface area contributed by atoms with Gasteiger partial charge in [-0.25, -0.2) is 0 Å². The number of carbonyl (C=O) groups excluding carboxylic acids is 1. The summed E-state index contributed by atoms with van der Waals surface area (Å²) in [4.78, 5) is 24.4. The first kappa shape index (κ1) is 15.9. The predicted molar refractivity (Wildman–Crippen MR) is 67.7 cm³/mol. The van der Waals surface area contributed by atoms with E-state index in [-0.39, 0.29) is 24.3 Å². The number of aliphatic carboxylic acids is 1. The van der Waals surface area contributed by atoms with Crippen LogP contribution >= 0.6 is 0 Å². The Morgan fingerprint density at radius 3 is 2.00 bits per heavy atom. The highest BCUT2D eigenvalue weighted by molar-refractivity contribution is 5.79. The van der Waals surface area contributed by atoms with Crippen LogP contribution in [0.4, 0.5) is 0 Å². The smallest absolute Gasteiger partial charge is 0.303 e. The molecule has 1 unspecified atom stereocenters. The summed E-state index contributed by atoms with van der Waals surface area (Å²) in [6.45, 7) is 10.4. The fourth-order valence-corrected chi connectivity index (χ4v) is 1.57. The van der Waals surface area contributed by atoms with E-state index in [1.54, 1.807) is 4.90 Å². The van der Waals surface area contributed by atoms with E-state index < -0.39 is 5.97 Å². The molecule has 1 atom stereocenters. The SMILES string of the molecule is CC(C)C(C)C(=O)N(CCCC(=O)O)C(C)C. The molecule has 0 saturated heterocycles. The molecule has 0 rings (SSSR count). The zero-order valence-corrected chi connectivity index (χ0v) is 11.6. The monoisotopic (exact) mass is 243 g/mol. The van der Waals surface area contributed by atoms with Crippen molar-refractivity contribution in [2.75, 3.05) is 6.54 Å². The summed E-state index contributed by atoms with van der Waals surface area (Å²) in [5.41, 5.74) is 0. The van der Waals surface area contributed by atoms with Gasteiger partial charge in [-0.3, -0.25) is 9.59 Å². The van der Waals surface area contributed by atoms with Crippen LogP contribution in [0.3, 0.4) is 0 Å². The van der Waals surface area contributed by atoms with E-state index in [0.717, 1.165) is 0 Å². The number of hydrogen-bond donors (Lipinski definition) is 1. The first-order chi connectivity index (χ1) is 7.77. The Morgan fingerprint density at radius 2 is 1.65 bits per heavy atom. The number of carboxylic acids is 1. The Kier molecular flexibility index (Phi) is 6.85. The summed E-state index contributed by atoms with van der Waals surface area (Å²) < 4.78 is 0. The van der Waals surface area contributed by atoms with Crippen molar-refractivity contribution in [1.82, 2.24) is 4.90 Å². The molecule has 0 spiro atoms. The quantitative estimate of drug-likeness (QED) is 0.747. The van der Waals surface area contributed by atoms with Crippen molar-refractivity contribution in [2.24, 2.45) is 11.8 Å². The molecule has 1 N–H and O–H groups in total. The third-order valence-electron chi connectivity index (χ3n) is 3.09. The molecule has 0 aromatic rings. The van der Waals surface area contributed by atoms with Gasteiger partial charge < -0.3 is 10.0 Å². The Bertz CT molecular complexity index is 261. The lowest BCUT2D eigenvalue weighted by Gasteiger charge is -2.30. The molecule has 0 aliphatic heterocycles. The summed E-state index contributed by atoms with van der Waals surface area (Å²) in [5, 5.41) is 8.60. The lowest BCUT2D eigenvalue weighted by atomic mass is 9.96. The van der Waals surface area contributed by atoms with Gasteiger partial charge in [-0.05, 0) is 26.2 Å². The molecule has 0 aromatic carbocycles. The topological polar surface area (TPSA) is 57.6 Å². The maximum Gasteiger partial charge on any atom is 0.303 e. The standard InChI is InChI=1S/C13H25NO3/c1-9(2)11(5)13(17)14(10(3)4)8-6-7-12(15)16/h9-11H,6-8H2,1-5H3,(H,15,16). The second-order valence-electron chi connectivity index (χ2n) is 5.16. The molecule has 0 radical (unpaired) electrons. The van der Waals surface area contributed by atoms with Crippen LogP contribution in [-0.4, -0.2) is 34.5 Å². The summed E-state index contributed by atoms with van der Waals surface area (Å²) >= 11 is 0. The van der Waals surface area contributed by atoms with Crippen molar-refractivity contribution in [1.29, 1.82) is 0 Å². The van der Waals surface area contributed by atoms with Gasteiger partial charge in [0.1, 0.15) is 0 Å². The second-order valence-corrected chi connectivity index (χ2v) is 5.16. The second kappa shape index (κ2) is 7.30. The lowest BCUT2D eigenvalue weighted by molar-refractivity contribution is -0.140. The van der Waals surface area contributed by atoms with Crippen LogP contribution in [0.1, 0.15) is 47.5 Å². The zero-order valence-electron chi connectivity index (χ0n) is 11.6. The number of hydrogen-bond acceptors (Lipinski definition) is 2. The molecule has 4 nitrogen and oxygen atoms in total. The average Bonchev–Trinajstić information content (AvgIpc) is 2.21. The number of carboxylic acid groups (broad SMARTS) is 1. The normalized spacial score (nSPS) is 12.9. The van der Waals surface area contributed by atoms with Crippen LogP contribution in [0.5, 0.6) is 0 Å². The Balaban J connectivity index is 4.42. The van der Waals surface area contributed by atoms with E-state index >= 15 is 0 Å². The minimum Gasteiger partial charge on any atom is -0.481 e. The van der Waals surface area contributed by atoms with Gasteiger partial charge in [0.05, 0.1) is 0 Å². The van der Waals surface area contributed by atoms with E-state index in [1.165, 1.54) is 0 Å². The molecular formula is C13H25NO3. The molecular weight excluding hydrogens is 218 g/mol. The van der Waals surface area contributed by atoms with Crippen LogP contribution in [-0.2, 0) is 9.59 Å². The molecule has 0 heterocycles. The predicted octanol–water partition coefficient (Wildman–Crippen LogP) is 2.38. The van der Waals surface area contributed by atoms with Gasteiger partial charge >= 0.3 is 5.97 Å². The minimum absolute atomic E-state index is 0.0118. The van der Waals surface area contributed by atoms with Gasteiger partial charge in [-0.1, -0.05) is 20.8 Å². The van der Waals surface area contributed by atoms with E-state index in [2.05, 4.69) is 0 Å². The Hall–Kier alpha value is -1.06. The van der Waals surface area contributed by atoms with Crippen molar-refractivity contribution in [2.45, 2.75) is 53.5 Å². The fraction of sp³-hybridized carbons (Fsp3) is 0.846. The third-order valence-corrected chi connectivity index (χ3v) is 3.09. The Labute approximate surface area is 104 Å². The molecule has 0 bridgehead atoms. The molecule has 4 heteroatoms.